The van der Waals surface area contributed by atoms with Gasteiger partial charge in [0.05, 0.1) is 37.3 Å². The van der Waals surface area contributed by atoms with Crippen molar-refractivity contribution in [2.75, 3.05) is 46.6 Å². The van der Waals surface area contributed by atoms with E-state index in [1.54, 1.807) is 0 Å². The molecule has 0 spiro atoms. The van der Waals surface area contributed by atoms with Crippen LogP contribution in [0.3, 0.4) is 0 Å². The van der Waals surface area contributed by atoms with Crippen molar-refractivity contribution in [1.29, 1.82) is 0 Å². The van der Waals surface area contributed by atoms with Gasteiger partial charge < -0.3 is 19.5 Å². The third-order valence-corrected chi connectivity index (χ3v) is 7.29. The lowest BCUT2D eigenvalue weighted by atomic mass is 9.87. The number of methoxy groups -OCH3 is 1. The van der Waals surface area contributed by atoms with Crippen LogP contribution in [0.2, 0.25) is 0 Å². The Morgan fingerprint density at radius 1 is 1.09 bits per heavy atom. The number of carbonyl (C=O) groups is 1. The van der Waals surface area contributed by atoms with Crippen molar-refractivity contribution in [3.8, 4) is 11.5 Å². The largest absolute Gasteiger partial charge is 0.496 e. The van der Waals surface area contributed by atoms with Gasteiger partial charge in [0.15, 0.2) is 0 Å². The fourth-order valence-corrected chi connectivity index (χ4v) is 4.88. The molecular formula is C24H32N2O6S. The average molecular weight is 477 g/mol. The second-order valence-electron chi connectivity index (χ2n) is 8.76. The number of nitrogens with one attached hydrogen (secondary N) is 1. The van der Waals surface area contributed by atoms with E-state index in [0.717, 1.165) is 0 Å². The molecule has 1 heterocycles. The van der Waals surface area contributed by atoms with E-state index in [1.165, 1.54) is 35.2 Å². The summed E-state index contributed by atoms with van der Waals surface area (Å²) >= 11 is 0. The predicted octanol–water partition coefficient (Wildman–Crippen LogP) is 2.82. The first-order valence-corrected chi connectivity index (χ1v) is 12.3. The van der Waals surface area contributed by atoms with Crippen LogP contribution in [0, 0.1) is 0 Å². The van der Waals surface area contributed by atoms with Crippen LogP contribution in [0.25, 0.3) is 0 Å². The predicted molar refractivity (Wildman–Crippen MR) is 126 cm³/mol. The molecule has 1 amide bonds. The molecule has 180 valence electrons. The van der Waals surface area contributed by atoms with Crippen molar-refractivity contribution in [3.63, 3.8) is 0 Å². The molecule has 1 fully saturated rings. The van der Waals surface area contributed by atoms with Gasteiger partial charge in [-0.15, -0.1) is 0 Å². The number of hydrogen-bond acceptors (Lipinski definition) is 6. The molecule has 1 aliphatic heterocycles. The van der Waals surface area contributed by atoms with E-state index in [2.05, 4.69) is 26.1 Å². The highest BCUT2D eigenvalue weighted by Crippen LogP contribution is 2.26. The van der Waals surface area contributed by atoms with Gasteiger partial charge >= 0.3 is 0 Å². The Bertz CT molecular complexity index is 1060. The Morgan fingerprint density at radius 3 is 2.36 bits per heavy atom. The van der Waals surface area contributed by atoms with Gasteiger partial charge in [0.25, 0.3) is 5.91 Å². The second kappa shape index (κ2) is 10.5. The van der Waals surface area contributed by atoms with Gasteiger partial charge in [-0.25, -0.2) is 8.42 Å². The summed E-state index contributed by atoms with van der Waals surface area (Å²) in [6.45, 7) is 8.23. The molecule has 0 radical (unpaired) electrons. The van der Waals surface area contributed by atoms with Gasteiger partial charge in [0, 0.05) is 13.1 Å². The van der Waals surface area contributed by atoms with E-state index in [0.29, 0.717) is 24.7 Å². The van der Waals surface area contributed by atoms with Crippen molar-refractivity contribution in [1.82, 2.24) is 9.62 Å². The van der Waals surface area contributed by atoms with Crippen LogP contribution in [0.5, 0.6) is 11.5 Å². The molecule has 1 N–H and O–H groups in total. The fraction of sp³-hybridized carbons (Fsp3) is 0.458. The minimum absolute atomic E-state index is 0.0468. The molecule has 2 aromatic carbocycles. The monoisotopic (exact) mass is 476 g/mol. The Hall–Kier alpha value is -2.62. The van der Waals surface area contributed by atoms with Gasteiger partial charge in [0.1, 0.15) is 18.1 Å². The van der Waals surface area contributed by atoms with Crippen molar-refractivity contribution in [3.05, 3.63) is 53.6 Å². The highest BCUT2D eigenvalue weighted by molar-refractivity contribution is 7.89. The van der Waals surface area contributed by atoms with E-state index in [1.807, 2.05) is 24.3 Å². The Balaban J connectivity index is 1.62. The Kier molecular flexibility index (Phi) is 7.99. The summed E-state index contributed by atoms with van der Waals surface area (Å²) in [5.41, 5.74) is 1.43. The molecule has 33 heavy (non-hydrogen) atoms. The first-order chi connectivity index (χ1) is 15.6. The molecule has 3 rings (SSSR count). The highest BCUT2D eigenvalue weighted by Gasteiger charge is 2.28. The van der Waals surface area contributed by atoms with Gasteiger partial charge in [0.2, 0.25) is 10.0 Å². The smallest absolute Gasteiger partial charge is 0.255 e. The van der Waals surface area contributed by atoms with Crippen LogP contribution in [-0.2, 0) is 20.2 Å². The maximum absolute atomic E-state index is 12.9. The summed E-state index contributed by atoms with van der Waals surface area (Å²) in [6, 6.07) is 12.2. The van der Waals surface area contributed by atoms with E-state index in [9.17, 15) is 13.2 Å². The molecule has 0 saturated carbocycles. The Morgan fingerprint density at radius 2 is 1.76 bits per heavy atom. The van der Waals surface area contributed by atoms with Crippen LogP contribution in [0.4, 0.5) is 0 Å². The number of morpholine rings is 1. The van der Waals surface area contributed by atoms with Crippen LogP contribution in [0.1, 0.15) is 36.7 Å². The zero-order valence-corrected chi connectivity index (χ0v) is 20.4. The first-order valence-electron chi connectivity index (χ1n) is 10.9. The standard InChI is InChI=1S/C24H32N2O6S/c1-24(2,3)18-5-7-19(8-6-18)32-14-11-25-23(27)21-17-20(9-10-22(21)30-4)33(28,29)26-12-15-31-16-13-26/h5-10,17H,11-16H2,1-4H3,(H,25,27). The summed E-state index contributed by atoms with van der Waals surface area (Å²) in [5, 5.41) is 2.77. The third-order valence-electron chi connectivity index (χ3n) is 5.40. The number of ether oxygens (including phenoxy) is 3. The number of hydrogen-bond donors (Lipinski definition) is 1. The lowest BCUT2D eigenvalue weighted by Crippen LogP contribution is -2.40. The summed E-state index contributed by atoms with van der Waals surface area (Å²) in [7, 11) is -2.29. The van der Waals surface area contributed by atoms with Crippen LogP contribution in [-0.4, -0.2) is 65.2 Å². The topological polar surface area (TPSA) is 94.2 Å². The van der Waals surface area contributed by atoms with Gasteiger partial charge in [-0.1, -0.05) is 32.9 Å². The molecule has 0 bridgehead atoms. The fourth-order valence-electron chi connectivity index (χ4n) is 3.44. The highest BCUT2D eigenvalue weighted by atomic mass is 32.2. The van der Waals surface area contributed by atoms with Gasteiger partial charge in [-0.3, -0.25) is 4.79 Å². The number of sulfonamides is 1. The number of amides is 1. The first kappa shape index (κ1) is 25.0. The molecule has 0 aliphatic carbocycles. The number of benzene rings is 2. The van der Waals surface area contributed by atoms with Gasteiger partial charge in [-0.2, -0.15) is 4.31 Å². The maximum atomic E-state index is 12.9. The number of rotatable bonds is 8. The third kappa shape index (κ3) is 6.25. The van der Waals surface area contributed by atoms with Crippen molar-refractivity contribution in [2.45, 2.75) is 31.1 Å². The van der Waals surface area contributed by atoms with Crippen molar-refractivity contribution >= 4 is 15.9 Å². The minimum atomic E-state index is -3.73. The van der Waals surface area contributed by atoms with Gasteiger partial charge in [-0.05, 0) is 41.3 Å². The molecule has 0 aromatic heterocycles. The van der Waals surface area contributed by atoms with E-state index in [4.69, 9.17) is 14.2 Å². The van der Waals surface area contributed by atoms with Crippen LogP contribution in [0.15, 0.2) is 47.4 Å². The second-order valence-corrected chi connectivity index (χ2v) is 10.7. The quantitative estimate of drug-likeness (QED) is 0.589. The van der Waals surface area contributed by atoms with Crippen LogP contribution < -0.4 is 14.8 Å². The SMILES string of the molecule is COc1ccc(S(=O)(=O)N2CCOCC2)cc1C(=O)NCCOc1ccc(C(C)(C)C)cc1. The Labute approximate surface area is 195 Å². The molecule has 0 atom stereocenters. The van der Waals surface area contributed by atoms with E-state index >= 15 is 0 Å². The van der Waals surface area contributed by atoms with E-state index < -0.39 is 15.9 Å². The molecule has 2 aromatic rings. The molecule has 1 aliphatic rings. The molecule has 1 saturated heterocycles. The summed E-state index contributed by atoms with van der Waals surface area (Å²) in [6.07, 6.45) is 0. The zero-order chi connectivity index (χ0) is 24.1. The molecule has 0 unspecified atom stereocenters. The lowest BCUT2D eigenvalue weighted by Gasteiger charge is -2.26. The zero-order valence-electron chi connectivity index (χ0n) is 19.6. The minimum Gasteiger partial charge on any atom is -0.496 e. The molecular weight excluding hydrogens is 444 g/mol. The van der Waals surface area contributed by atoms with E-state index in [-0.39, 0.29) is 42.1 Å². The normalized spacial score (nSPS) is 15.2. The number of nitrogens with zero attached hydrogens (tertiary/aromatic N) is 1. The number of carbonyl (C=O) groups excluding carboxylic acids is 1. The average Bonchev–Trinajstić information content (AvgIpc) is 2.81. The van der Waals surface area contributed by atoms with Crippen LogP contribution >= 0.6 is 0 Å². The van der Waals surface area contributed by atoms with Crippen molar-refractivity contribution in [2.24, 2.45) is 0 Å². The summed E-state index contributed by atoms with van der Waals surface area (Å²) in [5.74, 6) is 0.582. The van der Waals surface area contributed by atoms with Crippen molar-refractivity contribution < 1.29 is 27.4 Å². The lowest BCUT2D eigenvalue weighted by molar-refractivity contribution is 0.0730. The molecule has 9 heteroatoms. The summed E-state index contributed by atoms with van der Waals surface area (Å²) < 4.78 is 43.5. The summed E-state index contributed by atoms with van der Waals surface area (Å²) in [4.78, 5) is 12.8. The maximum Gasteiger partial charge on any atom is 0.255 e. The molecule has 8 nitrogen and oxygen atoms in total.